The van der Waals surface area contributed by atoms with E-state index in [1.54, 1.807) is 30.3 Å². The van der Waals surface area contributed by atoms with Gasteiger partial charge in [0.2, 0.25) is 11.7 Å². The third kappa shape index (κ3) is 6.03. The number of hydrogen-bond donors (Lipinski definition) is 1. The molecule has 38 heavy (non-hydrogen) atoms. The Morgan fingerprint density at radius 2 is 1.87 bits per heavy atom. The Bertz CT molecular complexity index is 1430. The van der Waals surface area contributed by atoms with E-state index < -0.39 is 35.4 Å². The normalized spacial score (nSPS) is 14.1. The SMILES string of the molecule is COC(=O)c1ccc(COc2ccc(C=C3SC(=O)N(CC(=O)Nc4ccccc4F)C3=O)cc2OC)o1. The summed E-state index contributed by atoms with van der Waals surface area (Å²) in [6.45, 7) is -0.544. The first-order valence-electron chi connectivity index (χ1n) is 11.1. The summed E-state index contributed by atoms with van der Waals surface area (Å²) >= 11 is 0.682. The molecule has 0 radical (unpaired) electrons. The largest absolute Gasteiger partial charge is 0.493 e. The number of benzene rings is 2. The summed E-state index contributed by atoms with van der Waals surface area (Å²) in [6, 6.07) is 13.5. The molecular formula is C26H21FN2O8S. The van der Waals surface area contributed by atoms with Gasteiger partial charge in [-0.05, 0) is 59.8 Å². The summed E-state index contributed by atoms with van der Waals surface area (Å²) in [5.41, 5.74) is 0.492. The zero-order valence-electron chi connectivity index (χ0n) is 20.2. The number of rotatable bonds is 9. The van der Waals surface area contributed by atoms with Crippen LogP contribution < -0.4 is 14.8 Å². The molecular weight excluding hydrogens is 519 g/mol. The molecule has 2 aromatic carbocycles. The minimum absolute atomic E-state index is 0.0144. The molecule has 0 unspecified atom stereocenters. The molecule has 0 saturated carbocycles. The number of methoxy groups -OCH3 is 2. The van der Waals surface area contributed by atoms with Gasteiger partial charge < -0.3 is 23.9 Å². The second-order valence-electron chi connectivity index (χ2n) is 7.75. The zero-order valence-corrected chi connectivity index (χ0v) is 21.0. The van der Waals surface area contributed by atoms with E-state index >= 15 is 0 Å². The molecule has 0 bridgehead atoms. The molecule has 0 spiro atoms. The highest BCUT2D eigenvalue weighted by Crippen LogP contribution is 2.35. The Kier molecular flexibility index (Phi) is 8.12. The molecule has 2 heterocycles. The van der Waals surface area contributed by atoms with Crippen LogP contribution in [0, 0.1) is 5.82 Å². The monoisotopic (exact) mass is 540 g/mol. The molecule has 1 aromatic heterocycles. The first-order valence-corrected chi connectivity index (χ1v) is 11.9. The molecule has 0 atom stereocenters. The zero-order chi connectivity index (χ0) is 27.2. The smallest absolute Gasteiger partial charge is 0.373 e. The number of carbonyl (C=O) groups excluding carboxylic acids is 4. The van der Waals surface area contributed by atoms with Gasteiger partial charge >= 0.3 is 5.97 Å². The van der Waals surface area contributed by atoms with E-state index in [9.17, 15) is 23.6 Å². The number of nitrogens with one attached hydrogen (secondary N) is 1. The fourth-order valence-electron chi connectivity index (χ4n) is 3.39. The first kappa shape index (κ1) is 26.5. The second kappa shape index (κ2) is 11.6. The van der Waals surface area contributed by atoms with Crippen molar-refractivity contribution in [1.29, 1.82) is 0 Å². The van der Waals surface area contributed by atoms with E-state index in [4.69, 9.17) is 13.9 Å². The predicted molar refractivity (Wildman–Crippen MR) is 135 cm³/mol. The number of nitrogens with zero attached hydrogens (tertiary/aromatic N) is 1. The van der Waals surface area contributed by atoms with Crippen molar-refractivity contribution >= 4 is 46.5 Å². The molecule has 12 heteroatoms. The number of thioether (sulfide) groups is 1. The predicted octanol–water partition coefficient (Wildman–Crippen LogP) is 4.47. The second-order valence-corrected chi connectivity index (χ2v) is 8.75. The summed E-state index contributed by atoms with van der Waals surface area (Å²) in [5.74, 6) is -1.43. The average Bonchev–Trinajstić information content (AvgIpc) is 3.49. The average molecular weight is 541 g/mol. The van der Waals surface area contributed by atoms with Gasteiger partial charge in [-0.2, -0.15) is 0 Å². The van der Waals surface area contributed by atoms with Crippen molar-refractivity contribution in [3.8, 4) is 11.5 Å². The Morgan fingerprint density at radius 3 is 2.61 bits per heavy atom. The minimum Gasteiger partial charge on any atom is -0.493 e. The molecule has 0 aliphatic carbocycles. The van der Waals surface area contributed by atoms with Crippen molar-refractivity contribution in [3.05, 3.63) is 82.4 Å². The van der Waals surface area contributed by atoms with E-state index in [-0.39, 0.29) is 23.0 Å². The van der Waals surface area contributed by atoms with E-state index in [0.717, 1.165) is 4.90 Å². The lowest BCUT2D eigenvalue weighted by molar-refractivity contribution is -0.127. The van der Waals surface area contributed by atoms with Crippen LogP contribution in [-0.2, 0) is 20.9 Å². The highest BCUT2D eigenvalue weighted by atomic mass is 32.2. The topological polar surface area (TPSA) is 124 Å². The maximum Gasteiger partial charge on any atom is 0.373 e. The molecule has 4 rings (SSSR count). The van der Waals surface area contributed by atoms with Crippen LogP contribution in [0.3, 0.4) is 0 Å². The Labute approximate surface area is 220 Å². The van der Waals surface area contributed by atoms with Crippen molar-refractivity contribution in [2.45, 2.75) is 6.61 Å². The Balaban J connectivity index is 1.41. The first-order chi connectivity index (χ1) is 18.3. The van der Waals surface area contributed by atoms with Crippen LogP contribution in [-0.4, -0.2) is 48.7 Å². The fraction of sp³-hybridized carbons (Fsp3) is 0.154. The highest BCUT2D eigenvalue weighted by molar-refractivity contribution is 8.18. The van der Waals surface area contributed by atoms with Gasteiger partial charge in [-0.1, -0.05) is 18.2 Å². The lowest BCUT2D eigenvalue weighted by Gasteiger charge is -2.13. The Hall–Kier alpha value is -4.58. The quantitative estimate of drug-likeness (QED) is 0.309. The molecule has 1 saturated heterocycles. The summed E-state index contributed by atoms with van der Waals surface area (Å²) < 4.78 is 34.8. The number of anilines is 1. The van der Waals surface area contributed by atoms with Crippen molar-refractivity contribution < 1.29 is 42.2 Å². The summed E-state index contributed by atoms with van der Waals surface area (Å²) in [4.78, 5) is 49.9. The van der Waals surface area contributed by atoms with Gasteiger partial charge in [0.1, 0.15) is 24.7 Å². The number of hydrogen-bond acceptors (Lipinski definition) is 9. The van der Waals surface area contributed by atoms with E-state index in [1.165, 1.54) is 44.6 Å². The number of furan rings is 1. The van der Waals surface area contributed by atoms with Crippen LogP contribution in [0.5, 0.6) is 11.5 Å². The van der Waals surface area contributed by atoms with E-state index in [1.807, 2.05) is 0 Å². The van der Waals surface area contributed by atoms with Crippen LogP contribution in [0.1, 0.15) is 21.9 Å². The molecule has 1 fully saturated rings. The number of para-hydroxylation sites is 1. The lowest BCUT2D eigenvalue weighted by atomic mass is 10.2. The van der Waals surface area contributed by atoms with Crippen molar-refractivity contribution in [2.24, 2.45) is 0 Å². The maximum absolute atomic E-state index is 13.8. The number of ether oxygens (including phenoxy) is 3. The summed E-state index contributed by atoms with van der Waals surface area (Å²) in [5, 5.41) is 1.73. The van der Waals surface area contributed by atoms with Gasteiger partial charge in [-0.15, -0.1) is 0 Å². The standard InChI is InChI=1S/C26H21FN2O8S/c1-34-21-11-15(7-9-19(21)36-14-16-8-10-20(37-16)25(32)35-2)12-22-24(31)29(26(33)38-22)13-23(30)28-18-6-4-3-5-17(18)27/h3-12H,13-14H2,1-2H3,(H,28,30). The third-order valence-corrected chi connectivity index (χ3v) is 6.13. The fourth-order valence-corrected chi connectivity index (χ4v) is 4.23. The van der Waals surface area contributed by atoms with Crippen LogP contribution in [0.25, 0.3) is 6.08 Å². The molecule has 1 N–H and O–H groups in total. The van der Waals surface area contributed by atoms with Gasteiger partial charge in [-0.3, -0.25) is 19.3 Å². The van der Waals surface area contributed by atoms with Gasteiger partial charge in [0.25, 0.3) is 11.1 Å². The molecule has 196 valence electrons. The number of carbonyl (C=O) groups is 4. The minimum atomic E-state index is -0.711. The molecule has 1 aliphatic rings. The van der Waals surface area contributed by atoms with Gasteiger partial charge in [-0.25, -0.2) is 9.18 Å². The van der Waals surface area contributed by atoms with E-state index in [2.05, 4.69) is 10.1 Å². The lowest BCUT2D eigenvalue weighted by Crippen LogP contribution is -2.36. The van der Waals surface area contributed by atoms with Crippen molar-refractivity contribution in [3.63, 3.8) is 0 Å². The van der Waals surface area contributed by atoms with Gasteiger partial charge in [0.05, 0.1) is 24.8 Å². The number of halogens is 1. The van der Waals surface area contributed by atoms with Crippen LogP contribution >= 0.6 is 11.8 Å². The van der Waals surface area contributed by atoms with Crippen LogP contribution in [0.15, 0.2) is 63.9 Å². The third-order valence-electron chi connectivity index (χ3n) is 5.23. The number of amides is 3. The molecule has 1 aliphatic heterocycles. The number of esters is 1. The van der Waals surface area contributed by atoms with Crippen molar-refractivity contribution in [1.82, 2.24) is 4.90 Å². The summed E-state index contributed by atoms with van der Waals surface area (Å²) in [7, 11) is 2.69. The van der Waals surface area contributed by atoms with Gasteiger partial charge in [0, 0.05) is 0 Å². The van der Waals surface area contributed by atoms with Gasteiger partial charge in [0.15, 0.2) is 11.5 Å². The summed E-state index contributed by atoms with van der Waals surface area (Å²) in [6.07, 6.45) is 1.49. The number of imide groups is 1. The molecule has 3 aromatic rings. The maximum atomic E-state index is 13.8. The van der Waals surface area contributed by atoms with Crippen LogP contribution in [0.2, 0.25) is 0 Å². The van der Waals surface area contributed by atoms with Crippen LogP contribution in [0.4, 0.5) is 14.9 Å². The molecule has 10 nitrogen and oxygen atoms in total. The Morgan fingerprint density at radius 1 is 1.08 bits per heavy atom. The highest BCUT2D eigenvalue weighted by Gasteiger charge is 2.36. The van der Waals surface area contributed by atoms with E-state index in [0.29, 0.717) is 34.6 Å². The van der Waals surface area contributed by atoms with Crippen molar-refractivity contribution in [2.75, 3.05) is 26.1 Å². The molecule has 3 amide bonds.